The maximum atomic E-state index is 15.2. The lowest BCUT2D eigenvalue weighted by atomic mass is 9.84. The number of benzene rings is 3. The van der Waals surface area contributed by atoms with Crippen LogP contribution in [0.1, 0.15) is 22.6 Å². The van der Waals surface area contributed by atoms with Gasteiger partial charge in [0.1, 0.15) is 5.75 Å². The Morgan fingerprint density at radius 1 is 0.667 bits per heavy atom. The van der Waals surface area contributed by atoms with Gasteiger partial charge >= 0.3 is 0 Å². The molecule has 2 atom stereocenters. The van der Waals surface area contributed by atoms with Gasteiger partial charge < -0.3 is 5.11 Å². The second kappa shape index (κ2) is 5.17. The van der Waals surface area contributed by atoms with Crippen molar-refractivity contribution < 1.29 is 13.9 Å². The van der Waals surface area contributed by atoms with Gasteiger partial charge in [0, 0.05) is 0 Å². The summed E-state index contributed by atoms with van der Waals surface area (Å²) in [5.41, 5.74) is 0.336. The topological polar surface area (TPSA) is 20.2 Å². The molecule has 1 saturated carbocycles. The summed E-state index contributed by atoms with van der Waals surface area (Å²) in [6.07, 6.45) is 0. The summed E-state index contributed by atoms with van der Waals surface area (Å²) in [6, 6.07) is 23.9. The van der Waals surface area contributed by atoms with E-state index in [0.717, 1.165) is 0 Å². The summed E-state index contributed by atoms with van der Waals surface area (Å²) in [4.78, 5) is 0. The van der Waals surface area contributed by atoms with Gasteiger partial charge in [0.25, 0.3) is 5.92 Å². The molecule has 0 spiro atoms. The number of alkyl halides is 2. The van der Waals surface area contributed by atoms with Crippen LogP contribution in [0.2, 0.25) is 0 Å². The highest BCUT2D eigenvalue weighted by Gasteiger charge is 2.82. The Labute approximate surface area is 139 Å². The van der Waals surface area contributed by atoms with E-state index in [2.05, 4.69) is 0 Å². The molecule has 0 amide bonds. The number of aromatic hydroxyl groups is 1. The first-order valence-electron chi connectivity index (χ1n) is 7.86. The summed E-state index contributed by atoms with van der Waals surface area (Å²) in [6.45, 7) is 0. The number of halogens is 2. The van der Waals surface area contributed by atoms with E-state index < -0.39 is 17.3 Å². The highest BCUT2D eigenvalue weighted by molar-refractivity contribution is 5.60. The summed E-state index contributed by atoms with van der Waals surface area (Å²) in [7, 11) is 0. The minimum absolute atomic E-state index is 0.0715. The van der Waals surface area contributed by atoms with Gasteiger partial charge in [-0.05, 0) is 28.8 Å². The van der Waals surface area contributed by atoms with Gasteiger partial charge in [-0.3, -0.25) is 0 Å². The molecule has 0 aromatic heterocycles. The number of phenols is 1. The van der Waals surface area contributed by atoms with Crippen LogP contribution >= 0.6 is 0 Å². The largest absolute Gasteiger partial charge is 0.508 e. The predicted octanol–water partition coefficient (Wildman–Crippen LogP) is 5.11. The molecule has 1 N–H and O–H groups in total. The normalized spacial score (nSPS) is 24.5. The summed E-state index contributed by atoms with van der Waals surface area (Å²) < 4.78 is 30.4. The Bertz CT molecular complexity index is 844. The molecule has 0 heterocycles. The van der Waals surface area contributed by atoms with E-state index in [1.54, 1.807) is 60.7 Å². The molecule has 3 aromatic carbocycles. The molecule has 0 unspecified atom stereocenters. The van der Waals surface area contributed by atoms with Crippen LogP contribution in [-0.2, 0) is 5.41 Å². The summed E-state index contributed by atoms with van der Waals surface area (Å²) >= 11 is 0. The van der Waals surface area contributed by atoms with Crippen molar-refractivity contribution in [3.05, 3.63) is 102 Å². The van der Waals surface area contributed by atoms with Crippen LogP contribution in [0.15, 0.2) is 84.9 Å². The van der Waals surface area contributed by atoms with Crippen molar-refractivity contribution in [2.75, 3.05) is 0 Å². The second-order valence-corrected chi connectivity index (χ2v) is 6.19. The van der Waals surface area contributed by atoms with E-state index in [9.17, 15) is 5.11 Å². The Balaban J connectivity index is 1.95. The average molecular weight is 322 g/mol. The first kappa shape index (κ1) is 14.9. The fourth-order valence-corrected chi connectivity index (χ4v) is 3.82. The van der Waals surface area contributed by atoms with E-state index in [1.165, 1.54) is 12.1 Å². The van der Waals surface area contributed by atoms with Crippen molar-refractivity contribution in [3.8, 4) is 5.75 Å². The lowest BCUT2D eigenvalue weighted by Crippen LogP contribution is -2.18. The van der Waals surface area contributed by atoms with Crippen molar-refractivity contribution in [1.29, 1.82) is 0 Å². The lowest BCUT2D eigenvalue weighted by Gasteiger charge is -2.18. The highest BCUT2D eigenvalue weighted by atomic mass is 19.3. The average Bonchev–Trinajstić information content (AvgIpc) is 3.14. The Hall–Kier alpha value is -2.68. The standard InChI is InChI=1S/C21H16F2O/c22-21(23)19(15-7-3-1-4-8-15)20(21,16-9-5-2-6-10-16)17-11-13-18(24)14-12-17/h1-14,19,24H/t19-,20+/m1/s1. The third-order valence-electron chi connectivity index (χ3n) is 4.92. The van der Waals surface area contributed by atoms with Gasteiger partial charge in [-0.15, -0.1) is 0 Å². The summed E-state index contributed by atoms with van der Waals surface area (Å²) in [5, 5.41) is 9.54. The molecule has 1 aliphatic carbocycles. The predicted molar refractivity (Wildman–Crippen MR) is 89.5 cm³/mol. The van der Waals surface area contributed by atoms with Crippen molar-refractivity contribution in [1.82, 2.24) is 0 Å². The fourth-order valence-electron chi connectivity index (χ4n) is 3.82. The minimum Gasteiger partial charge on any atom is -0.508 e. The van der Waals surface area contributed by atoms with Crippen molar-refractivity contribution in [2.24, 2.45) is 0 Å². The Morgan fingerprint density at radius 2 is 1.17 bits per heavy atom. The highest BCUT2D eigenvalue weighted by Crippen LogP contribution is 2.74. The molecule has 4 rings (SSSR count). The molecule has 0 saturated heterocycles. The Kier molecular flexibility index (Phi) is 3.20. The molecule has 0 bridgehead atoms. The smallest absolute Gasteiger partial charge is 0.270 e. The molecule has 1 fully saturated rings. The van der Waals surface area contributed by atoms with Gasteiger partial charge in [0.2, 0.25) is 0 Å². The zero-order valence-electron chi connectivity index (χ0n) is 12.9. The zero-order chi connectivity index (χ0) is 16.8. The molecule has 3 heteroatoms. The SMILES string of the molecule is Oc1ccc([C@@]2(c3ccccc3)[C@@H](c3ccccc3)C2(F)F)cc1. The maximum absolute atomic E-state index is 15.2. The summed E-state index contributed by atoms with van der Waals surface area (Å²) in [5.74, 6) is -3.74. The molecule has 1 aliphatic rings. The molecule has 3 aromatic rings. The number of rotatable bonds is 3. The monoisotopic (exact) mass is 322 g/mol. The molecule has 24 heavy (non-hydrogen) atoms. The van der Waals surface area contributed by atoms with Gasteiger partial charge in [-0.1, -0.05) is 72.8 Å². The van der Waals surface area contributed by atoms with Crippen LogP contribution < -0.4 is 0 Å². The van der Waals surface area contributed by atoms with E-state index in [0.29, 0.717) is 16.7 Å². The van der Waals surface area contributed by atoms with Crippen LogP contribution in [0.25, 0.3) is 0 Å². The molecule has 0 radical (unpaired) electrons. The van der Waals surface area contributed by atoms with Crippen LogP contribution in [0.4, 0.5) is 8.78 Å². The van der Waals surface area contributed by atoms with Crippen LogP contribution in [0.3, 0.4) is 0 Å². The third-order valence-corrected chi connectivity index (χ3v) is 4.92. The number of phenolic OH excluding ortho intramolecular Hbond substituents is 1. The van der Waals surface area contributed by atoms with E-state index in [1.807, 2.05) is 12.1 Å². The van der Waals surface area contributed by atoms with Crippen LogP contribution in [0.5, 0.6) is 5.75 Å². The first-order valence-corrected chi connectivity index (χ1v) is 7.86. The van der Waals surface area contributed by atoms with E-state index in [4.69, 9.17) is 0 Å². The van der Waals surface area contributed by atoms with Crippen molar-refractivity contribution in [2.45, 2.75) is 17.3 Å². The van der Waals surface area contributed by atoms with Gasteiger partial charge in [-0.2, -0.15) is 0 Å². The molecule has 1 nitrogen and oxygen atoms in total. The van der Waals surface area contributed by atoms with Crippen LogP contribution in [-0.4, -0.2) is 11.0 Å². The van der Waals surface area contributed by atoms with E-state index >= 15 is 8.78 Å². The quantitative estimate of drug-likeness (QED) is 0.710. The second-order valence-electron chi connectivity index (χ2n) is 6.19. The minimum atomic E-state index is -2.90. The third kappa shape index (κ3) is 1.91. The van der Waals surface area contributed by atoms with Gasteiger partial charge in [0.15, 0.2) is 0 Å². The molecule has 120 valence electrons. The first-order chi connectivity index (χ1) is 11.6. The number of hydrogen-bond acceptors (Lipinski definition) is 1. The zero-order valence-corrected chi connectivity index (χ0v) is 12.9. The lowest BCUT2D eigenvalue weighted by molar-refractivity contribution is 0.0912. The van der Waals surface area contributed by atoms with Gasteiger partial charge in [0.05, 0.1) is 11.3 Å². The van der Waals surface area contributed by atoms with Gasteiger partial charge in [-0.25, -0.2) is 8.78 Å². The molecular weight excluding hydrogens is 306 g/mol. The molecular formula is C21H16F2O. The Morgan fingerprint density at radius 3 is 1.75 bits per heavy atom. The maximum Gasteiger partial charge on any atom is 0.270 e. The number of hydrogen-bond donors (Lipinski definition) is 1. The van der Waals surface area contributed by atoms with Crippen molar-refractivity contribution >= 4 is 0 Å². The van der Waals surface area contributed by atoms with Crippen molar-refractivity contribution in [3.63, 3.8) is 0 Å². The van der Waals surface area contributed by atoms with Crippen LogP contribution in [0, 0.1) is 0 Å². The fraction of sp³-hybridized carbons (Fsp3) is 0.143. The van der Waals surface area contributed by atoms with E-state index in [-0.39, 0.29) is 5.75 Å². The molecule has 0 aliphatic heterocycles.